The number of terminal acetylenes is 1. The number of hydrogen-bond acceptors (Lipinski definition) is 4. The van der Waals surface area contributed by atoms with Gasteiger partial charge in [-0.2, -0.15) is 0 Å². The van der Waals surface area contributed by atoms with Crippen LogP contribution in [0.5, 0.6) is 5.75 Å². The molecule has 0 bridgehead atoms. The third kappa shape index (κ3) is 5.12. The van der Waals surface area contributed by atoms with Crippen LogP contribution < -0.4 is 10.1 Å². The molecule has 3 rings (SSSR count). The van der Waals surface area contributed by atoms with Gasteiger partial charge in [0.1, 0.15) is 30.2 Å². The number of anilines is 1. The maximum atomic E-state index is 6.29. The van der Waals surface area contributed by atoms with Gasteiger partial charge in [-0.05, 0) is 58.4 Å². The molecule has 0 saturated carbocycles. The minimum Gasteiger partial charge on any atom is -0.485 e. The third-order valence-electron chi connectivity index (χ3n) is 5.03. The molecule has 0 radical (unpaired) electrons. The highest BCUT2D eigenvalue weighted by Crippen LogP contribution is 2.44. The summed E-state index contributed by atoms with van der Waals surface area (Å²) >= 11 is 0. The minimum absolute atomic E-state index is 0.0443. The topological polar surface area (TPSA) is 39.7 Å². The molecule has 1 aliphatic rings. The van der Waals surface area contributed by atoms with Gasteiger partial charge in [-0.25, -0.2) is 0 Å². The molecular weight excluding hydrogens is 362 g/mol. The monoisotopic (exact) mass is 393 g/mol. The van der Waals surface area contributed by atoms with Gasteiger partial charge in [0.25, 0.3) is 0 Å². The van der Waals surface area contributed by atoms with E-state index in [0.29, 0.717) is 0 Å². The first-order chi connectivity index (χ1) is 13.8. The van der Waals surface area contributed by atoms with Gasteiger partial charge in [-0.3, -0.25) is 0 Å². The Morgan fingerprint density at radius 1 is 1.17 bits per heavy atom. The first kappa shape index (κ1) is 21.2. The van der Waals surface area contributed by atoms with Gasteiger partial charge in [0.15, 0.2) is 0 Å². The van der Waals surface area contributed by atoms with Crippen molar-refractivity contribution in [2.75, 3.05) is 11.9 Å². The van der Waals surface area contributed by atoms with Gasteiger partial charge in [0.2, 0.25) is 0 Å². The number of fused-ring (bicyclic) bond motifs is 1. The second-order valence-electron chi connectivity index (χ2n) is 8.34. The van der Waals surface area contributed by atoms with Crippen molar-refractivity contribution < 1.29 is 14.2 Å². The van der Waals surface area contributed by atoms with E-state index in [2.05, 4.69) is 48.5 Å². The summed E-state index contributed by atoms with van der Waals surface area (Å²) in [7, 11) is 0. The maximum absolute atomic E-state index is 6.29. The number of rotatable bonds is 7. The fraction of sp³-hybridized carbons (Fsp3) is 0.440. The molecule has 2 aromatic rings. The Bertz CT molecular complexity index is 865. The molecule has 154 valence electrons. The lowest BCUT2D eigenvalue weighted by Crippen LogP contribution is -2.51. The van der Waals surface area contributed by atoms with Crippen molar-refractivity contribution in [3.8, 4) is 18.1 Å². The van der Waals surface area contributed by atoms with Crippen LogP contribution in [0.4, 0.5) is 5.69 Å². The van der Waals surface area contributed by atoms with Gasteiger partial charge >= 0.3 is 0 Å². The Morgan fingerprint density at radius 3 is 2.55 bits per heavy atom. The van der Waals surface area contributed by atoms with E-state index in [-0.39, 0.29) is 24.9 Å². The second-order valence-corrected chi connectivity index (χ2v) is 8.34. The molecule has 0 spiro atoms. The van der Waals surface area contributed by atoms with Gasteiger partial charge in [0, 0.05) is 17.8 Å². The van der Waals surface area contributed by atoms with E-state index in [0.717, 1.165) is 23.5 Å². The third-order valence-corrected chi connectivity index (χ3v) is 5.03. The van der Waals surface area contributed by atoms with E-state index in [9.17, 15) is 0 Å². The van der Waals surface area contributed by atoms with Crippen LogP contribution in [-0.2, 0) is 16.0 Å². The fourth-order valence-electron chi connectivity index (χ4n) is 3.62. The van der Waals surface area contributed by atoms with Gasteiger partial charge < -0.3 is 19.5 Å². The van der Waals surface area contributed by atoms with E-state index in [1.54, 1.807) is 0 Å². The molecule has 0 fully saturated rings. The Labute approximate surface area is 174 Å². The van der Waals surface area contributed by atoms with Gasteiger partial charge in [0.05, 0.1) is 6.10 Å². The highest BCUT2D eigenvalue weighted by Gasteiger charge is 2.46. The van der Waals surface area contributed by atoms with Crippen molar-refractivity contribution in [1.82, 2.24) is 0 Å². The summed E-state index contributed by atoms with van der Waals surface area (Å²) < 4.78 is 18.6. The Morgan fingerprint density at radius 2 is 1.90 bits per heavy atom. The SMILES string of the molecule is C#CCOC1C(OC(C)C)c2cc(NCc3ccc(C)cc3)ccc2OC1(C)C. The molecule has 2 atom stereocenters. The van der Waals surface area contributed by atoms with Crippen LogP contribution in [0.1, 0.15) is 50.5 Å². The minimum atomic E-state index is -0.555. The van der Waals surface area contributed by atoms with Crippen molar-refractivity contribution in [1.29, 1.82) is 0 Å². The molecule has 0 saturated heterocycles. The number of hydrogen-bond donors (Lipinski definition) is 1. The number of ether oxygens (including phenoxy) is 3. The second kappa shape index (κ2) is 8.90. The average Bonchev–Trinajstić information content (AvgIpc) is 2.66. The summed E-state index contributed by atoms with van der Waals surface area (Å²) in [5, 5.41) is 3.50. The Kier molecular flexibility index (Phi) is 6.52. The van der Waals surface area contributed by atoms with Crippen molar-refractivity contribution in [2.45, 2.75) is 65.1 Å². The quantitative estimate of drug-likeness (QED) is 0.651. The number of benzene rings is 2. The van der Waals surface area contributed by atoms with E-state index in [4.69, 9.17) is 20.6 Å². The molecule has 0 amide bonds. The molecule has 1 heterocycles. The highest BCUT2D eigenvalue weighted by molar-refractivity contribution is 5.54. The summed E-state index contributed by atoms with van der Waals surface area (Å²) in [4.78, 5) is 0. The molecule has 1 aliphatic heterocycles. The van der Waals surface area contributed by atoms with Gasteiger partial charge in [-0.15, -0.1) is 6.42 Å². The largest absolute Gasteiger partial charge is 0.485 e. The fourth-order valence-corrected chi connectivity index (χ4v) is 3.62. The van der Waals surface area contributed by atoms with E-state index in [1.807, 2.05) is 39.8 Å². The van der Waals surface area contributed by atoms with Crippen LogP contribution in [0.15, 0.2) is 42.5 Å². The lowest BCUT2D eigenvalue weighted by atomic mass is 9.87. The Balaban J connectivity index is 1.87. The van der Waals surface area contributed by atoms with E-state index in [1.165, 1.54) is 11.1 Å². The van der Waals surface area contributed by atoms with Crippen molar-refractivity contribution in [3.63, 3.8) is 0 Å². The van der Waals surface area contributed by atoms with Crippen LogP contribution in [0.25, 0.3) is 0 Å². The van der Waals surface area contributed by atoms with Crippen molar-refractivity contribution in [3.05, 3.63) is 59.2 Å². The molecule has 0 aromatic heterocycles. The summed E-state index contributed by atoms with van der Waals surface area (Å²) in [5.74, 6) is 3.38. The molecule has 4 nitrogen and oxygen atoms in total. The van der Waals surface area contributed by atoms with Crippen molar-refractivity contribution in [2.24, 2.45) is 0 Å². The predicted molar refractivity (Wildman–Crippen MR) is 117 cm³/mol. The molecule has 2 unspecified atom stereocenters. The summed E-state index contributed by atoms with van der Waals surface area (Å²) in [6.07, 6.45) is 4.92. The zero-order chi connectivity index (χ0) is 21.0. The summed E-state index contributed by atoms with van der Waals surface area (Å²) in [6, 6.07) is 14.7. The van der Waals surface area contributed by atoms with Crippen LogP contribution in [0.2, 0.25) is 0 Å². The predicted octanol–water partition coefficient (Wildman–Crippen LogP) is 5.26. The lowest BCUT2D eigenvalue weighted by Gasteiger charge is -2.44. The standard InChI is InChI=1S/C25H31NO3/c1-7-14-27-24-23(28-17(2)3)21-15-20(12-13-22(21)29-25(24,5)6)26-16-19-10-8-18(4)9-11-19/h1,8-13,15,17,23-24,26H,14,16H2,2-6H3. The zero-order valence-electron chi connectivity index (χ0n) is 18.0. The van der Waals surface area contributed by atoms with Crippen LogP contribution in [-0.4, -0.2) is 24.4 Å². The normalized spacial score (nSPS) is 19.9. The molecule has 29 heavy (non-hydrogen) atoms. The molecule has 2 aromatic carbocycles. The lowest BCUT2D eigenvalue weighted by molar-refractivity contribution is -0.167. The molecule has 0 aliphatic carbocycles. The van der Waals surface area contributed by atoms with Crippen LogP contribution in [0, 0.1) is 19.3 Å². The Hall–Kier alpha value is -2.48. The number of nitrogens with one attached hydrogen (secondary N) is 1. The first-order valence-electron chi connectivity index (χ1n) is 10.1. The van der Waals surface area contributed by atoms with Crippen molar-refractivity contribution >= 4 is 5.69 Å². The zero-order valence-corrected chi connectivity index (χ0v) is 18.0. The average molecular weight is 394 g/mol. The van der Waals surface area contributed by atoms with E-state index < -0.39 is 5.60 Å². The smallest absolute Gasteiger partial charge is 0.132 e. The summed E-state index contributed by atoms with van der Waals surface area (Å²) in [5.41, 5.74) is 3.93. The highest BCUT2D eigenvalue weighted by atomic mass is 16.6. The maximum Gasteiger partial charge on any atom is 0.132 e. The van der Waals surface area contributed by atoms with Gasteiger partial charge in [-0.1, -0.05) is 35.7 Å². The first-order valence-corrected chi connectivity index (χ1v) is 10.1. The molecule has 1 N–H and O–H groups in total. The molecule has 4 heteroatoms. The van der Waals surface area contributed by atoms with Crippen LogP contribution in [0.3, 0.4) is 0 Å². The molecular formula is C25H31NO3. The van der Waals surface area contributed by atoms with Crippen LogP contribution >= 0.6 is 0 Å². The van der Waals surface area contributed by atoms with E-state index >= 15 is 0 Å². The number of aryl methyl sites for hydroxylation is 1. The summed E-state index contributed by atoms with van der Waals surface area (Å²) in [6.45, 7) is 11.1.